The molecule has 27 N–H and O–H groups in total. The van der Waals surface area contributed by atoms with Crippen molar-refractivity contribution in [1.29, 1.82) is 16.2 Å². The van der Waals surface area contributed by atoms with E-state index in [1.165, 1.54) is 55.1 Å². The summed E-state index contributed by atoms with van der Waals surface area (Å²) in [5.74, 6) is -9.99. The Bertz CT molecular complexity index is 5290. The highest BCUT2D eigenvalue weighted by atomic mass is 32.1. The van der Waals surface area contributed by atoms with Gasteiger partial charge in [-0.15, -0.1) is 45.3 Å². The molecule has 6 heterocycles. The second-order valence-corrected chi connectivity index (χ2v) is 37.1. The maximum atomic E-state index is 16.1. The fourth-order valence-corrected chi connectivity index (χ4v) is 20.2. The molecule has 0 bridgehead atoms. The molecule has 2 fully saturated rings. The number of fused-ring (bicyclic) bond motifs is 4. The van der Waals surface area contributed by atoms with Gasteiger partial charge in [-0.2, -0.15) is 0 Å². The third-order valence-corrected chi connectivity index (χ3v) is 27.5. The van der Waals surface area contributed by atoms with Gasteiger partial charge in [0.05, 0.1) is 6.04 Å². The van der Waals surface area contributed by atoms with Gasteiger partial charge in [0.2, 0.25) is 70.9 Å². The van der Waals surface area contributed by atoms with E-state index in [9.17, 15) is 24.0 Å². The van der Waals surface area contributed by atoms with Crippen molar-refractivity contribution >= 4 is 174 Å². The molecule has 35 nitrogen and oxygen atoms in total. The van der Waals surface area contributed by atoms with E-state index in [1.807, 2.05) is 146 Å². The van der Waals surface area contributed by atoms with Gasteiger partial charge >= 0.3 is 0 Å². The van der Waals surface area contributed by atoms with Crippen LogP contribution in [0, 0.1) is 28.1 Å². The average Bonchev–Trinajstić information content (AvgIpc) is 1.69. The number of primary amides is 1. The van der Waals surface area contributed by atoms with Gasteiger partial charge in [0.25, 0.3) is 0 Å². The summed E-state index contributed by atoms with van der Waals surface area (Å²) in [6, 6.07) is 14.9. The molecule has 13 atom stereocenters. The standard InChI is InChI=1S/C90H123N23O12S4/c1-5-51(4)75(92)85(123)109-64(41-50(2)3)80(118)105-63(28-18-38-102-90(98)99)79(117)110-67(44-54-48-128-73-33-12-8-23-58(54)73)86(124)112-39-19-30-70(112)84(122)108-66(43-53-47-127-72-32-11-7-22-57(53)72)82(120)111-68(45-55-49-129-74-34-13-9-24-59(55)74)87(125)113-40-20-29-69(113)83(121)107-65(42-52-46-126-71-31-10-6-21-56(52)71)81(119)106-62(27-17-37-101-89(96)97)78(116)104-61(26-16-36-100-88(94)95)77(115)103-60(76(93)114)25-14-15-35-91/h6-13,21-24,31-34,46-51,60-70,75H,5,14-20,25-30,35-45,91-92H2,1-4H3,(H2,93,114)(H,103,115)(H,104,116)(H,105,118)(H,106,119)(H,107,121)(H,108,122)(H,109,123)(H,110,117)(H,111,120)(H4,94,95,100)(H4,96,97,101)(H4,98,99,102)/t51-,60-,61-,62-,63-,64-,65-,66-,67-,68-,69-,70-,75-/m0/s1. The van der Waals surface area contributed by atoms with Gasteiger partial charge in [0, 0.05) is 77.2 Å². The van der Waals surface area contributed by atoms with E-state index >= 15 is 33.6 Å². The van der Waals surface area contributed by atoms with Crippen molar-refractivity contribution < 1.29 is 57.5 Å². The molecule has 0 saturated carbocycles. The van der Waals surface area contributed by atoms with Crippen LogP contribution in [0.5, 0.6) is 0 Å². The SMILES string of the molecule is CC[C@H](C)[C@H](N)C(=O)N[C@@H](CC(C)C)C(=O)N[C@@H](CCCNC(=N)N)C(=O)N[C@@H](Cc1csc2ccccc12)C(=O)N1CCC[C@H]1C(=O)N[C@@H](Cc1csc2ccccc12)C(=O)N[C@@H](Cc1csc2ccccc12)C(=O)N1CCC[C@H]1C(=O)N[C@@H](Cc1csc2ccccc12)C(=O)N[C@@H](CCCNC(=N)N)C(=O)N[C@@H](CCCNC(=N)N)C(=O)N[C@@H](CCCCN)C(N)=O. The lowest BCUT2D eigenvalue weighted by atomic mass is 9.97. The first kappa shape index (κ1) is 99.3. The number of likely N-dealkylation sites (tertiary alicyclic amines) is 2. The summed E-state index contributed by atoms with van der Waals surface area (Å²) in [5.41, 5.74) is 37.5. The Balaban J connectivity index is 0.942. The molecule has 39 heteroatoms. The Morgan fingerprint density at radius 2 is 0.698 bits per heavy atom. The lowest BCUT2D eigenvalue weighted by Gasteiger charge is -2.32. The van der Waals surface area contributed by atoms with Crippen molar-refractivity contribution in [3.05, 3.63) is 141 Å². The van der Waals surface area contributed by atoms with E-state index in [0.29, 0.717) is 60.9 Å². The lowest BCUT2D eigenvalue weighted by Crippen LogP contribution is -2.61. The van der Waals surface area contributed by atoms with E-state index < -0.39 is 143 Å². The Hall–Kier alpha value is -11.9. The second-order valence-electron chi connectivity index (χ2n) is 33.5. The largest absolute Gasteiger partial charge is 0.370 e. The predicted molar refractivity (Wildman–Crippen MR) is 505 cm³/mol. The maximum absolute atomic E-state index is 16.1. The minimum absolute atomic E-state index is 0.0117. The molecule has 10 rings (SSSR count). The van der Waals surface area contributed by atoms with Crippen molar-refractivity contribution in [1.82, 2.24) is 73.6 Å². The quantitative estimate of drug-likeness (QED) is 0.0146. The van der Waals surface area contributed by atoms with Crippen molar-refractivity contribution in [2.24, 2.45) is 46.2 Å². The summed E-state index contributed by atoms with van der Waals surface area (Å²) in [5, 5.41) is 68.2. The molecule has 2 saturated heterocycles. The molecule has 2 aliphatic heterocycles. The summed E-state index contributed by atoms with van der Waals surface area (Å²) < 4.78 is 3.57. The summed E-state index contributed by atoms with van der Waals surface area (Å²) in [6.45, 7) is 8.25. The van der Waals surface area contributed by atoms with Crippen LogP contribution >= 0.6 is 45.3 Å². The van der Waals surface area contributed by atoms with Gasteiger partial charge in [-0.25, -0.2) is 0 Å². The number of thiophene rings is 4. The Morgan fingerprint density at radius 1 is 0.395 bits per heavy atom. The van der Waals surface area contributed by atoms with Crippen LogP contribution in [0.15, 0.2) is 119 Å². The van der Waals surface area contributed by atoms with Crippen molar-refractivity contribution in [2.45, 2.75) is 222 Å². The number of nitrogens with zero attached hydrogens (tertiary/aromatic N) is 2. The number of carbonyl (C=O) groups is 12. The number of guanidine groups is 3. The minimum atomic E-state index is -1.44. The molecule has 0 radical (unpaired) electrons. The van der Waals surface area contributed by atoms with E-state index in [1.54, 1.807) is 0 Å². The normalized spacial score (nSPS) is 16.4. The number of hydrogen-bond donors (Lipinski definition) is 21. The first-order valence-corrected chi connectivity index (χ1v) is 47.6. The summed E-state index contributed by atoms with van der Waals surface area (Å²) in [4.78, 5) is 183. The smallest absolute Gasteiger partial charge is 0.246 e. The van der Waals surface area contributed by atoms with Gasteiger partial charge in [-0.3, -0.25) is 73.8 Å². The zero-order valence-corrected chi connectivity index (χ0v) is 76.5. The molecule has 4 aromatic carbocycles. The number of carbonyl (C=O) groups excluding carboxylic acids is 12. The van der Waals surface area contributed by atoms with E-state index in [4.69, 9.17) is 50.6 Å². The molecule has 0 unspecified atom stereocenters. The molecule has 2 aliphatic rings. The van der Waals surface area contributed by atoms with Gasteiger partial charge in [0.1, 0.15) is 66.5 Å². The molecule has 8 aromatic rings. The predicted octanol–water partition coefficient (Wildman–Crippen LogP) is 3.98. The molecule has 4 aromatic heterocycles. The molecule has 0 aliphatic carbocycles. The van der Waals surface area contributed by atoms with Gasteiger partial charge in [-0.1, -0.05) is 107 Å². The van der Waals surface area contributed by atoms with Crippen LogP contribution in [0.1, 0.15) is 146 Å². The number of benzene rings is 4. The summed E-state index contributed by atoms with van der Waals surface area (Å²) >= 11 is 5.72. The third-order valence-electron chi connectivity index (χ3n) is 23.5. The van der Waals surface area contributed by atoms with Crippen molar-refractivity contribution in [3.63, 3.8) is 0 Å². The zero-order chi connectivity index (χ0) is 93.0. The molecule has 12 amide bonds. The zero-order valence-electron chi connectivity index (χ0n) is 73.2. The van der Waals surface area contributed by atoms with Crippen LogP contribution in [-0.4, -0.2) is 210 Å². The van der Waals surface area contributed by atoms with E-state index in [0.717, 1.165) is 40.3 Å². The Labute approximate surface area is 765 Å². The number of nitrogens with two attached hydrogens (primary N) is 6. The van der Waals surface area contributed by atoms with Crippen molar-refractivity contribution in [3.8, 4) is 0 Å². The van der Waals surface area contributed by atoms with Gasteiger partial charge < -0.3 is 108 Å². The van der Waals surface area contributed by atoms with Gasteiger partial charge in [0.15, 0.2) is 17.9 Å². The minimum Gasteiger partial charge on any atom is -0.370 e. The first-order chi connectivity index (χ1) is 61.9. The first-order valence-electron chi connectivity index (χ1n) is 44.0. The number of unbranched alkanes of at least 4 members (excludes halogenated alkanes) is 1. The number of nitrogens with one attached hydrogen (secondary N) is 15. The molecular formula is C90H123N23O12S4. The van der Waals surface area contributed by atoms with Crippen molar-refractivity contribution in [2.75, 3.05) is 39.3 Å². The van der Waals surface area contributed by atoms with Crippen LogP contribution in [0.2, 0.25) is 0 Å². The monoisotopic (exact) mass is 1850 g/mol. The topological polar surface area (TPSA) is 583 Å². The fraction of sp³-hybridized carbons (Fsp3) is 0.478. The molecule has 0 spiro atoms. The number of rotatable bonds is 49. The second kappa shape index (κ2) is 48.5. The highest BCUT2D eigenvalue weighted by Crippen LogP contribution is 2.33. The fourth-order valence-electron chi connectivity index (χ4n) is 16.3. The Kier molecular flexibility index (Phi) is 37.3. The van der Waals surface area contributed by atoms with E-state index in [-0.39, 0.29) is 152 Å². The van der Waals surface area contributed by atoms with Crippen LogP contribution < -0.4 is 98.2 Å². The highest BCUT2D eigenvalue weighted by Gasteiger charge is 2.44. The van der Waals surface area contributed by atoms with E-state index in [2.05, 4.69) is 63.8 Å². The van der Waals surface area contributed by atoms with Crippen LogP contribution in [0.4, 0.5) is 0 Å². The molecule has 129 heavy (non-hydrogen) atoms. The number of amides is 12. The average molecular weight is 1850 g/mol. The van der Waals surface area contributed by atoms with Crippen LogP contribution in [-0.2, 0) is 83.2 Å². The molecule has 694 valence electrons. The maximum Gasteiger partial charge on any atom is 0.246 e. The summed E-state index contributed by atoms with van der Waals surface area (Å²) in [7, 11) is 0. The van der Waals surface area contributed by atoms with Crippen LogP contribution in [0.3, 0.4) is 0 Å². The van der Waals surface area contributed by atoms with Crippen LogP contribution in [0.25, 0.3) is 40.3 Å². The molecular weight excluding hydrogens is 1720 g/mol. The highest BCUT2D eigenvalue weighted by molar-refractivity contribution is 7.18. The lowest BCUT2D eigenvalue weighted by molar-refractivity contribution is -0.143. The third kappa shape index (κ3) is 28.1. The van der Waals surface area contributed by atoms with Gasteiger partial charge in [-0.05, 0) is 198 Å². The summed E-state index contributed by atoms with van der Waals surface area (Å²) in [6.07, 6.45) is 2.84. The Morgan fingerprint density at radius 3 is 1.02 bits per heavy atom. The number of hydrogen-bond acceptors (Lipinski definition) is 21.